The fourth-order valence-electron chi connectivity index (χ4n) is 2.68. The van der Waals surface area contributed by atoms with Gasteiger partial charge in [-0.25, -0.2) is 4.98 Å². The molecule has 0 aliphatic heterocycles. The van der Waals surface area contributed by atoms with Gasteiger partial charge in [0.1, 0.15) is 5.65 Å². The molecule has 0 spiro atoms. The minimum atomic E-state index is -0.0596. The molecule has 23 heavy (non-hydrogen) atoms. The molecule has 0 saturated heterocycles. The van der Waals surface area contributed by atoms with E-state index < -0.39 is 0 Å². The van der Waals surface area contributed by atoms with Crippen LogP contribution in [0, 0.1) is 6.92 Å². The van der Waals surface area contributed by atoms with Crippen LogP contribution < -0.4 is 5.43 Å². The Hall–Kier alpha value is -2.51. The van der Waals surface area contributed by atoms with Gasteiger partial charge < -0.3 is 9.72 Å². The Labute approximate surface area is 135 Å². The largest absolute Gasteiger partial charge is 0.378 e. The molecular formula is C16H14N4O2S. The molecule has 0 fully saturated rings. The van der Waals surface area contributed by atoms with Gasteiger partial charge in [-0.05, 0) is 19.1 Å². The lowest BCUT2D eigenvalue weighted by Gasteiger charge is -2.02. The molecule has 6 nitrogen and oxygen atoms in total. The minimum absolute atomic E-state index is 0.0596. The number of hydrogen-bond donors (Lipinski definition) is 1. The van der Waals surface area contributed by atoms with Gasteiger partial charge in [-0.1, -0.05) is 23.5 Å². The monoisotopic (exact) mass is 326 g/mol. The number of ether oxygens (including phenoxy) is 1. The highest BCUT2D eigenvalue weighted by molar-refractivity contribution is 7.20. The van der Waals surface area contributed by atoms with E-state index in [9.17, 15) is 4.79 Å². The second kappa shape index (κ2) is 5.29. The van der Waals surface area contributed by atoms with Gasteiger partial charge in [-0.3, -0.25) is 4.79 Å². The number of aromatic amines is 1. The van der Waals surface area contributed by atoms with Crippen molar-refractivity contribution in [1.82, 2.24) is 19.7 Å². The molecule has 3 aromatic heterocycles. The van der Waals surface area contributed by atoms with Gasteiger partial charge in [-0.2, -0.15) is 9.78 Å². The summed E-state index contributed by atoms with van der Waals surface area (Å²) in [5, 5.41) is 5.83. The van der Waals surface area contributed by atoms with E-state index in [1.807, 2.05) is 31.2 Å². The molecule has 0 atom stereocenters. The molecule has 0 radical (unpaired) electrons. The number of pyridine rings is 1. The topological polar surface area (TPSA) is 72.8 Å². The van der Waals surface area contributed by atoms with E-state index in [2.05, 4.69) is 15.1 Å². The number of nitrogens with zero attached hydrogens (tertiary/aromatic N) is 3. The van der Waals surface area contributed by atoms with Crippen molar-refractivity contribution in [2.45, 2.75) is 13.5 Å². The summed E-state index contributed by atoms with van der Waals surface area (Å²) in [4.78, 5) is 20.2. The van der Waals surface area contributed by atoms with Crippen molar-refractivity contribution in [3.05, 3.63) is 51.9 Å². The van der Waals surface area contributed by atoms with E-state index in [4.69, 9.17) is 4.74 Å². The van der Waals surface area contributed by atoms with E-state index in [0.29, 0.717) is 29.0 Å². The molecule has 0 saturated carbocycles. The van der Waals surface area contributed by atoms with Gasteiger partial charge >= 0.3 is 0 Å². The molecule has 3 heterocycles. The number of aryl methyl sites for hydroxylation is 1. The Morgan fingerprint density at radius 1 is 1.35 bits per heavy atom. The molecule has 0 unspecified atom stereocenters. The first-order valence-electron chi connectivity index (χ1n) is 7.14. The summed E-state index contributed by atoms with van der Waals surface area (Å²) in [6.07, 6.45) is 0. The third kappa shape index (κ3) is 2.25. The number of benzene rings is 1. The quantitative estimate of drug-likeness (QED) is 0.628. The molecule has 1 aromatic carbocycles. The van der Waals surface area contributed by atoms with Gasteiger partial charge in [0.05, 0.1) is 27.9 Å². The van der Waals surface area contributed by atoms with Crippen LogP contribution in [0.2, 0.25) is 0 Å². The Morgan fingerprint density at radius 2 is 2.17 bits per heavy atom. The molecular weight excluding hydrogens is 312 g/mol. The molecule has 1 N–H and O–H groups in total. The predicted octanol–water partition coefficient (Wildman–Crippen LogP) is 2.78. The highest BCUT2D eigenvalue weighted by Crippen LogP contribution is 2.26. The standard InChI is InChI=1S/C16H14N4O2S/c1-9-14-12(21)7-10(8-22-2)17-15(14)20(19-9)16-18-11-5-3-4-6-13(11)23-16/h3-7H,8H2,1-2H3,(H,17,21). The normalized spacial score (nSPS) is 11.6. The predicted molar refractivity (Wildman–Crippen MR) is 90.3 cm³/mol. The summed E-state index contributed by atoms with van der Waals surface area (Å²) < 4.78 is 7.91. The lowest BCUT2D eigenvalue weighted by atomic mass is 10.2. The number of rotatable bonds is 3. The van der Waals surface area contributed by atoms with Crippen LogP contribution in [0.25, 0.3) is 26.4 Å². The first kappa shape index (κ1) is 14.1. The van der Waals surface area contributed by atoms with Crippen molar-refractivity contribution < 1.29 is 4.74 Å². The van der Waals surface area contributed by atoms with Crippen molar-refractivity contribution in [3.8, 4) is 5.13 Å². The fraction of sp³-hybridized carbons (Fsp3) is 0.188. The number of para-hydroxylation sites is 1. The molecule has 0 aliphatic rings. The highest BCUT2D eigenvalue weighted by Gasteiger charge is 2.16. The molecule has 4 aromatic rings. The Morgan fingerprint density at radius 3 is 2.96 bits per heavy atom. The average Bonchev–Trinajstić information content (AvgIpc) is 3.09. The van der Waals surface area contributed by atoms with Gasteiger partial charge in [0.2, 0.25) is 5.13 Å². The number of nitrogens with one attached hydrogen (secondary N) is 1. The summed E-state index contributed by atoms with van der Waals surface area (Å²) in [7, 11) is 1.60. The number of fused-ring (bicyclic) bond motifs is 2. The number of hydrogen-bond acceptors (Lipinski definition) is 5. The lowest BCUT2D eigenvalue weighted by molar-refractivity contribution is 0.181. The van der Waals surface area contributed by atoms with Crippen molar-refractivity contribution in [1.29, 1.82) is 0 Å². The summed E-state index contributed by atoms with van der Waals surface area (Å²) in [6.45, 7) is 2.17. The summed E-state index contributed by atoms with van der Waals surface area (Å²) in [5.74, 6) is 0. The van der Waals surface area contributed by atoms with Gasteiger partial charge in [0.25, 0.3) is 0 Å². The maximum atomic E-state index is 12.4. The third-order valence-electron chi connectivity index (χ3n) is 3.65. The SMILES string of the molecule is COCc1cc(=O)c2c(C)nn(-c3nc4ccccc4s3)c2[nH]1. The van der Waals surface area contributed by atoms with Crippen LogP contribution in [0.4, 0.5) is 0 Å². The fourth-order valence-corrected chi connectivity index (χ4v) is 3.60. The van der Waals surface area contributed by atoms with E-state index in [-0.39, 0.29) is 5.43 Å². The van der Waals surface area contributed by atoms with Crippen molar-refractivity contribution in [2.24, 2.45) is 0 Å². The zero-order valence-electron chi connectivity index (χ0n) is 12.7. The van der Waals surface area contributed by atoms with Crippen LogP contribution in [-0.4, -0.2) is 26.9 Å². The first-order chi connectivity index (χ1) is 11.2. The molecule has 0 aliphatic carbocycles. The van der Waals surface area contributed by atoms with Crippen LogP contribution in [-0.2, 0) is 11.3 Å². The number of thiazole rings is 1. The smallest absolute Gasteiger partial charge is 0.213 e. The average molecular weight is 326 g/mol. The molecule has 0 amide bonds. The minimum Gasteiger partial charge on any atom is -0.378 e. The maximum absolute atomic E-state index is 12.4. The van der Waals surface area contributed by atoms with Crippen LogP contribution in [0.3, 0.4) is 0 Å². The van der Waals surface area contributed by atoms with E-state index >= 15 is 0 Å². The van der Waals surface area contributed by atoms with Crippen molar-refractivity contribution in [3.63, 3.8) is 0 Å². The Bertz CT molecular complexity index is 1040. The molecule has 7 heteroatoms. The lowest BCUT2D eigenvalue weighted by Crippen LogP contribution is -2.07. The van der Waals surface area contributed by atoms with E-state index in [1.165, 1.54) is 11.3 Å². The van der Waals surface area contributed by atoms with Gasteiger partial charge in [-0.15, -0.1) is 0 Å². The van der Waals surface area contributed by atoms with Crippen molar-refractivity contribution in [2.75, 3.05) is 7.11 Å². The van der Waals surface area contributed by atoms with Crippen LogP contribution >= 0.6 is 11.3 Å². The van der Waals surface area contributed by atoms with Crippen LogP contribution in [0.5, 0.6) is 0 Å². The van der Waals surface area contributed by atoms with Crippen LogP contribution in [0.1, 0.15) is 11.4 Å². The third-order valence-corrected chi connectivity index (χ3v) is 4.67. The number of H-pyrrole nitrogens is 1. The van der Waals surface area contributed by atoms with Gasteiger partial charge in [0, 0.05) is 18.9 Å². The van der Waals surface area contributed by atoms with E-state index in [0.717, 1.165) is 15.3 Å². The molecule has 0 bridgehead atoms. The second-order valence-corrected chi connectivity index (χ2v) is 6.29. The number of methoxy groups -OCH3 is 1. The zero-order valence-corrected chi connectivity index (χ0v) is 13.5. The highest BCUT2D eigenvalue weighted by atomic mass is 32.1. The van der Waals surface area contributed by atoms with Crippen molar-refractivity contribution >= 4 is 32.6 Å². The van der Waals surface area contributed by atoms with E-state index in [1.54, 1.807) is 17.9 Å². The molecule has 116 valence electrons. The Kier molecular flexibility index (Phi) is 3.24. The Balaban J connectivity index is 2.00. The van der Waals surface area contributed by atoms with Crippen LogP contribution in [0.15, 0.2) is 35.1 Å². The number of aromatic nitrogens is 4. The summed E-state index contributed by atoms with van der Waals surface area (Å²) in [5.41, 5.74) is 2.91. The summed E-state index contributed by atoms with van der Waals surface area (Å²) in [6, 6.07) is 9.48. The summed E-state index contributed by atoms with van der Waals surface area (Å²) >= 11 is 1.54. The second-order valence-electron chi connectivity index (χ2n) is 5.28. The molecule has 4 rings (SSSR count). The van der Waals surface area contributed by atoms with Gasteiger partial charge in [0.15, 0.2) is 5.43 Å². The first-order valence-corrected chi connectivity index (χ1v) is 7.95. The maximum Gasteiger partial charge on any atom is 0.213 e. The zero-order chi connectivity index (χ0) is 16.0.